The number of nitrogens with zero attached hydrogens (tertiary/aromatic N) is 4. The Morgan fingerprint density at radius 1 is 1.05 bits per heavy atom. The minimum Gasteiger partial charge on any atom is -0.348 e. The monoisotopic (exact) mass is 611 g/mol. The fourth-order valence-corrected chi connectivity index (χ4v) is 4.70. The molecule has 0 unspecified atom stereocenters. The van der Waals surface area contributed by atoms with Crippen molar-refractivity contribution in [1.82, 2.24) is 20.3 Å². The molecule has 1 aromatic heterocycles. The molecule has 0 aliphatic carbocycles. The quantitative estimate of drug-likeness (QED) is 0.316. The second-order valence-corrected chi connectivity index (χ2v) is 9.96. The summed E-state index contributed by atoms with van der Waals surface area (Å²) < 4.78 is 107. The lowest BCUT2D eigenvalue weighted by Crippen LogP contribution is -2.60. The lowest BCUT2D eigenvalue weighted by molar-refractivity contribution is -0.217. The summed E-state index contributed by atoms with van der Waals surface area (Å²) in [4.78, 5) is 3.70. The molecule has 3 aromatic rings. The molecule has 0 bridgehead atoms. The van der Waals surface area contributed by atoms with Crippen molar-refractivity contribution in [2.45, 2.75) is 50.7 Å². The summed E-state index contributed by atoms with van der Waals surface area (Å²) in [7, 11) is 3.68. The highest BCUT2D eigenvalue weighted by atomic mass is 35.5. The molecule has 0 radical (unpaired) electrons. The van der Waals surface area contributed by atoms with Crippen LogP contribution in [-0.2, 0) is 33.9 Å². The van der Waals surface area contributed by atoms with Gasteiger partial charge in [-0.15, -0.1) is 17.5 Å². The maximum atomic E-state index is 13.9. The molecule has 4 rings (SSSR count). The lowest BCUT2D eigenvalue weighted by atomic mass is 9.87. The predicted molar refractivity (Wildman–Crippen MR) is 138 cm³/mol. The summed E-state index contributed by atoms with van der Waals surface area (Å²) >= 11 is 0. The zero-order valence-corrected chi connectivity index (χ0v) is 23.3. The summed E-state index contributed by atoms with van der Waals surface area (Å²) in [6.07, 6.45) is -12.5. The number of aromatic nitrogens is 3. The van der Waals surface area contributed by atoms with Crippen LogP contribution in [0, 0.1) is 5.82 Å². The van der Waals surface area contributed by atoms with Crippen molar-refractivity contribution in [3.05, 3.63) is 76.2 Å². The highest BCUT2D eigenvalue weighted by Crippen LogP contribution is 2.43. The molecule has 1 N–H and O–H groups in total. The van der Waals surface area contributed by atoms with Crippen molar-refractivity contribution in [2.24, 2.45) is 0 Å². The van der Waals surface area contributed by atoms with Gasteiger partial charge in [0.15, 0.2) is 12.1 Å². The van der Waals surface area contributed by atoms with Gasteiger partial charge in [-0.05, 0) is 69.4 Å². The van der Waals surface area contributed by atoms with Crippen LogP contribution < -0.4 is 4.90 Å². The third-order valence-electron chi connectivity index (χ3n) is 6.76. The maximum absolute atomic E-state index is 13.9. The van der Waals surface area contributed by atoms with Crippen LogP contribution in [0.4, 0.5) is 36.6 Å². The number of ether oxygens (including phenoxy) is 2. The molecule has 1 aliphatic heterocycles. The van der Waals surface area contributed by atoms with Crippen LogP contribution in [0.15, 0.2) is 42.5 Å². The highest BCUT2D eigenvalue weighted by molar-refractivity contribution is 5.85. The molecule has 1 aliphatic rings. The SMILES string of the molecule is C[C@@H](O[C@H]1OCCN(c2n[nH]nc2CN(C)C)[C@@]1(C)c1ccc(F)cc1)c1cc(C(F)(F)F)cc(C(F)(F)F)c1.Cl. The number of alkyl halides is 6. The number of rotatable bonds is 7. The Kier molecular flexibility index (Phi) is 9.63. The van der Waals surface area contributed by atoms with Gasteiger partial charge in [0.1, 0.15) is 17.1 Å². The molecule has 2 aromatic carbocycles. The molecule has 0 saturated carbocycles. The Balaban J connectivity index is 0.00000462. The largest absolute Gasteiger partial charge is 0.416 e. The first-order valence-electron chi connectivity index (χ1n) is 12.2. The zero-order valence-electron chi connectivity index (χ0n) is 22.5. The molecule has 1 fully saturated rings. The van der Waals surface area contributed by atoms with Crippen LogP contribution in [0.2, 0.25) is 0 Å². The fourth-order valence-electron chi connectivity index (χ4n) is 4.70. The van der Waals surface area contributed by atoms with Crippen LogP contribution in [0.25, 0.3) is 0 Å². The second kappa shape index (κ2) is 12.1. The van der Waals surface area contributed by atoms with Gasteiger partial charge >= 0.3 is 12.4 Å². The van der Waals surface area contributed by atoms with E-state index in [2.05, 4.69) is 15.4 Å². The molecule has 226 valence electrons. The summed E-state index contributed by atoms with van der Waals surface area (Å²) in [5, 5.41) is 11.1. The molecule has 7 nitrogen and oxygen atoms in total. The normalized spacial score (nSPS) is 20.7. The Morgan fingerprint density at radius 3 is 2.17 bits per heavy atom. The molecular weight excluding hydrogens is 583 g/mol. The summed E-state index contributed by atoms with van der Waals surface area (Å²) in [6.45, 7) is 3.86. The molecule has 0 amide bonds. The summed E-state index contributed by atoms with van der Waals surface area (Å²) in [5.41, 5.74) is -3.37. The average molecular weight is 612 g/mol. The van der Waals surface area contributed by atoms with E-state index in [9.17, 15) is 30.7 Å². The zero-order chi connectivity index (χ0) is 29.5. The molecular formula is C26H29ClF7N5O2. The van der Waals surface area contributed by atoms with E-state index in [4.69, 9.17) is 9.47 Å². The van der Waals surface area contributed by atoms with Gasteiger partial charge in [0.2, 0.25) is 0 Å². The van der Waals surface area contributed by atoms with E-state index in [1.165, 1.54) is 31.2 Å². The van der Waals surface area contributed by atoms with Crippen molar-refractivity contribution in [1.29, 1.82) is 0 Å². The second-order valence-electron chi connectivity index (χ2n) is 9.96. The first-order valence-corrected chi connectivity index (χ1v) is 12.2. The van der Waals surface area contributed by atoms with Crippen molar-refractivity contribution < 1.29 is 40.2 Å². The van der Waals surface area contributed by atoms with Crippen LogP contribution in [0.1, 0.15) is 47.9 Å². The van der Waals surface area contributed by atoms with E-state index in [-0.39, 0.29) is 37.2 Å². The van der Waals surface area contributed by atoms with E-state index in [0.717, 1.165) is 0 Å². The van der Waals surface area contributed by atoms with Crippen LogP contribution in [0.5, 0.6) is 0 Å². The van der Waals surface area contributed by atoms with Crippen molar-refractivity contribution >= 4 is 18.2 Å². The topological polar surface area (TPSA) is 66.5 Å². The van der Waals surface area contributed by atoms with E-state index in [0.29, 0.717) is 35.8 Å². The van der Waals surface area contributed by atoms with E-state index in [1.54, 1.807) is 6.92 Å². The Morgan fingerprint density at radius 2 is 1.63 bits per heavy atom. The van der Waals surface area contributed by atoms with Gasteiger partial charge in [-0.2, -0.15) is 36.7 Å². The molecule has 3 atom stereocenters. The van der Waals surface area contributed by atoms with Crippen molar-refractivity contribution in [3.8, 4) is 0 Å². The standard InChI is InChI=1S/C26H28F7N5O2.ClH/c1-15(16-11-18(25(28,29)30)13-19(12-16)26(31,32)33)40-23-24(2,17-5-7-20(27)8-6-17)38(9-10-39-23)22-21(14-37(3)4)34-36-35-22;/h5-8,11-13,15,23H,9-10,14H2,1-4H3,(H,34,35,36);1H/t15-,23-,24+;/m1./s1. The third kappa shape index (κ3) is 6.93. The molecule has 2 heterocycles. The molecule has 41 heavy (non-hydrogen) atoms. The first kappa shape index (κ1) is 32.6. The highest BCUT2D eigenvalue weighted by Gasteiger charge is 2.49. The van der Waals surface area contributed by atoms with E-state index >= 15 is 0 Å². The summed E-state index contributed by atoms with van der Waals surface area (Å²) in [6, 6.07) is 6.81. The van der Waals surface area contributed by atoms with Gasteiger partial charge in [0.25, 0.3) is 0 Å². The Labute approximate surface area is 238 Å². The molecule has 0 spiro atoms. The number of aromatic amines is 1. The van der Waals surface area contributed by atoms with Gasteiger partial charge in [0.05, 0.1) is 23.8 Å². The maximum Gasteiger partial charge on any atom is 0.416 e. The molecule has 15 heteroatoms. The minimum absolute atomic E-state index is 0. The van der Waals surface area contributed by atoms with Crippen LogP contribution in [-0.4, -0.2) is 53.8 Å². The lowest BCUT2D eigenvalue weighted by Gasteiger charge is -2.50. The fraction of sp³-hybridized carbons (Fsp3) is 0.462. The van der Waals surface area contributed by atoms with Gasteiger partial charge in [-0.1, -0.05) is 12.1 Å². The Bertz CT molecular complexity index is 1280. The number of H-pyrrole nitrogens is 1. The van der Waals surface area contributed by atoms with Gasteiger partial charge in [0, 0.05) is 13.1 Å². The van der Waals surface area contributed by atoms with Gasteiger partial charge in [-0.3, -0.25) is 0 Å². The minimum atomic E-state index is -5.01. The number of halogens is 8. The van der Waals surface area contributed by atoms with Crippen molar-refractivity contribution in [3.63, 3.8) is 0 Å². The smallest absolute Gasteiger partial charge is 0.348 e. The molecule has 1 saturated heterocycles. The predicted octanol–water partition coefficient (Wildman–Crippen LogP) is 6.32. The number of hydrogen-bond acceptors (Lipinski definition) is 6. The first-order chi connectivity index (χ1) is 18.6. The average Bonchev–Trinajstić information content (AvgIpc) is 3.31. The Hall–Kier alpha value is -2.94. The van der Waals surface area contributed by atoms with Crippen LogP contribution in [0.3, 0.4) is 0 Å². The number of anilines is 1. The van der Waals surface area contributed by atoms with E-state index in [1.807, 2.05) is 23.9 Å². The summed E-state index contributed by atoms with van der Waals surface area (Å²) in [5.74, 6) is -0.0525. The van der Waals surface area contributed by atoms with Crippen LogP contribution >= 0.6 is 12.4 Å². The van der Waals surface area contributed by atoms with Gasteiger partial charge in [-0.25, -0.2) is 4.39 Å². The van der Waals surface area contributed by atoms with E-state index < -0.39 is 47.2 Å². The number of morpholine rings is 1. The number of hydrogen-bond donors (Lipinski definition) is 1. The van der Waals surface area contributed by atoms with Crippen molar-refractivity contribution in [2.75, 3.05) is 32.1 Å². The van der Waals surface area contributed by atoms with Gasteiger partial charge < -0.3 is 19.3 Å². The third-order valence-corrected chi connectivity index (χ3v) is 6.76. The number of nitrogens with one attached hydrogen (secondary N) is 1. The number of benzene rings is 2.